The zero-order chi connectivity index (χ0) is 25.4. The summed E-state index contributed by atoms with van der Waals surface area (Å²) in [4.78, 5) is 9.39. The van der Waals surface area contributed by atoms with E-state index in [1.165, 1.54) is 0 Å². The van der Waals surface area contributed by atoms with Crippen LogP contribution in [0.15, 0.2) is 49.2 Å². The molecule has 0 unspecified atom stereocenters. The van der Waals surface area contributed by atoms with Gasteiger partial charge >= 0.3 is 0 Å². The number of fused-ring (bicyclic) bond motifs is 1. The second kappa shape index (κ2) is 9.37. The third-order valence-corrected chi connectivity index (χ3v) is 6.96. The third-order valence-electron chi connectivity index (χ3n) is 6.96. The van der Waals surface area contributed by atoms with Crippen LogP contribution in [0.1, 0.15) is 26.3 Å². The van der Waals surface area contributed by atoms with Crippen LogP contribution in [0.2, 0.25) is 0 Å². The second-order valence-corrected chi connectivity index (χ2v) is 10.6. The molecule has 0 saturated carbocycles. The normalized spacial score (nSPS) is 15.8. The van der Waals surface area contributed by atoms with Crippen LogP contribution in [0.25, 0.3) is 27.8 Å². The molecule has 0 bridgehead atoms. The maximum atomic E-state index is 10.5. The lowest BCUT2D eigenvalue weighted by atomic mass is 9.89. The first kappa shape index (κ1) is 24.0. The molecular formula is C27H32N8O. The molecule has 0 spiro atoms. The predicted molar refractivity (Wildman–Crippen MR) is 139 cm³/mol. The average Bonchev–Trinajstić information content (AvgIpc) is 3.49. The quantitative estimate of drug-likeness (QED) is 0.464. The minimum atomic E-state index is -0.345. The summed E-state index contributed by atoms with van der Waals surface area (Å²) in [5.41, 5.74) is 4.97. The summed E-state index contributed by atoms with van der Waals surface area (Å²) in [6, 6.07) is 8.45. The van der Waals surface area contributed by atoms with E-state index in [0.29, 0.717) is 12.1 Å². The van der Waals surface area contributed by atoms with E-state index in [1.54, 1.807) is 15.4 Å². The molecule has 5 rings (SSSR count). The number of rotatable bonds is 5. The van der Waals surface area contributed by atoms with Gasteiger partial charge in [0.1, 0.15) is 11.9 Å². The monoisotopic (exact) mass is 484 g/mol. The Morgan fingerprint density at radius 2 is 1.78 bits per heavy atom. The number of aliphatic hydroxyl groups excluding tert-OH is 1. The predicted octanol–water partition coefficient (Wildman–Crippen LogP) is 3.20. The molecule has 0 aliphatic carbocycles. The lowest BCUT2D eigenvalue weighted by Crippen LogP contribution is -2.50. The van der Waals surface area contributed by atoms with Crippen molar-refractivity contribution in [3.63, 3.8) is 0 Å². The minimum Gasteiger partial charge on any atom is -0.391 e. The molecule has 1 saturated heterocycles. The summed E-state index contributed by atoms with van der Waals surface area (Å²) in [7, 11) is 1.89. The summed E-state index contributed by atoms with van der Waals surface area (Å²) in [5, 5.41) is 28.8. The van der Waals surface area contributed by atoms with Gasteiger partial charge in [0.25, 0.3) is 0 Å². The maximum absolute atomic E-state index is 10.5. The first-order valence-corrected chi connectivity index (χ1v) is 12.3. The van der Waals surface area contributed by atoms with Crippen LogP contribution in [-0.2, 0) is 7.05 Å². The summed E-state index contributed by atoms with van der Waals surface area (Å²) in [6.07, 6.45) is 8.84. The van der Waals surface area contributed by atoms with Gasteiger partial charge in [-0.2, -0.15) is 15.5 Å². The molecule has 1 aliphatic rings. The lowest BCUT2D eigenvalue weighted by molar-refractivity contribution is 0.0269. The number of anilines is 1. The van der Waals surface area contributed by atoms with Gasteiger partial charge in [0.15, 0.2) is 0 Å². The number of aliphatic hydroxyl groups is 1. The Morgan fingerprint density at radius 3 is 2.39 bits per heavy atom. The number of aromatic nitrogens is 5. The fourth-order valence-corrected chi connectivity index (χ4v) is 4.56. The van der Waals surface area contributed by atoms with E-state index >= 15 is 0 Å². The molecule has 9 nitrogen and oxygen atoms in total. The fourth-order valence-electron chi connectivity index (χ4n) is 4.56. The summed E-state index contributed by atoms with van der Waals surface area (Å²) in [6.45, 7) is 10.4. The molecule has 9 heteroatoms. The van der Waals surface area contributed by atoms with Crippen molar-refractivity contribution in [3.05, 3.63) is 54.7 Å². The number of pyridine rings is 2. The fraction of sp³-hybridized carbons (Fsp3) is 0.407. The number of nitriles is 1. The molecule has 186 valence electrons. The number of nitrogens with zero attached hydrogens (tertiary/aromatic N) is 8. The van der Waals surface area contributed by atoms with Gasteiger partial charge in [-0.1, -0.05) is 20.8 Å². The first-order chi connectivity index (χ1) is 17.2. The van der Waals surface area contributed by atoms with Gasteiger partial charge in [-0.3, -0.25) is 9.58 Å². The molecule has 4 aromatic heterocycles. The molecule has 1 aliphatic heterocycles. The Bertz CT molecular complexity index is 1400. The zero-order valence-electron chi connectivity index (χ0n) is 21.3. The summed E-state index contributed by atoms with van der Waals surface area (Å²) >= 11 is 0. The molecule has 0 aromatic carbocycles. The molecule has 4 aromatic rings. The van der Waals surface area contributed by atoms with Gasteiger partial charge in [-0.25, -0.2) is 9.50 Å². The Morgan fingerprint density at radius 1 is 1.00 bits per heavy atom. The van der Waals surface area contributed by atoms with Crippen LogP contribution < -0.4 is 4.90 Å². The first-order valence-electron chi connectivity index (χ1n) is 12.3. The van der Waals surface area contributed by atoms with Crippen molar-refractivity contribution in [2.45, 2.75) is 26.9 Å². The highest BCUT2D eigenvalue weighted by Crippen LogP contribution is 2.32. The van der Waals surface area contributed by atoms with Gasteiger partial charge in [-0.05, 0) is 23.6 Å². The van der Waals surface area contributed by atoms with Crippen LogP contribution in [0.3, 0.4) is 0 Å². The van der Waals surface area contributed by atoms with Crippen molar-refractivity contribution in [3.8, 4) is 28.3 Å². The molecule has 1 fully saturated rings. The topological polar surface area (TPSA) is 98.5 Å². The van der Waals surface area contributed by atoms with Crippen LogP contribution in [0, 0.1) is 16.7 Å². The van der Waals surface area contributed by atoms with Crippen molar-refractivity contribution < 1.29 is 5.11 Å². The Hall–Kier alpha value is -3.74. The van der Waals surface area contributed by atoms with E-state index in [2.05, 4.69) is 59.0 Å². The van der Waals surface area contributed by atoms with Crippen molar-refractivity contribution in [2.24, 2.45) is 12.5 Å². The van der Waals surface area contributed by atoms with E-state index in [-0.39, 0.29) is 11.5 Å². The Labute approximate surface area is 211 Å². The molecule has 0 radical (unpaired) electrons. The third kappa shape index (κ3) is 4.70. The number of hydrogen-bond acceptors (Lipinski definition) is 7. The molecule has 1 atom stereocenters. The number of aryl methyl sites for hydroxylation is 1. The van der Waals surface area contributed by atoms with Crippen LogP contribution in [-0.4, -0.2) is 73.2 Å². The standard InChI is InChI=1S/C27H32N8O/c1-27(2,3)24(36)18-33-7-9-34(10-8-33)25-6-5-19(13-29-25)23-11-20(22-15-30-32(4)16-22)17-35-26(23)21(12-28)14-31-35/h5-6,11,13-17,24,36H,7-10,18H2,1-4H3/t24-/m1/s1. The average molecular weight is 485 g/mol. The van der Waals surface area contributed by atoms with Crippen molar-refractivity contribution in [2.75, 3.05) is 37.6 Å². The van der Waals surface area contributed by atoms with Crippen LogP contribution in [0.4, 0.5) is 5.82 Å². The van der Waals surface area contributed by atoms with Crippen molar-refractivity contribution in [1.29, 1.82) is 5.26 Å². The highest BCUT2D eigenvalue weighted by molar-refractivity contribution is 5.87. The second-order valence-electron chi connectivity index (χ2n) is 10.6. The van der Waals surface area contributed by atoms with Gasteiger partial charge in [-0.15, -0.1) is 0 Å². The van der Waals surface area contributed by atoms with Gasteiger partial charge in [0, 0.05) is 80.6 Å². The summed E-state index contributed by atoms with van der Waals surface area (Å²) < 4.78 is 3.53. The van der Waals surface area contributed by atoms with Crippen LogP contribution in [0.5, 0.6) is 0 Å². The Kier molecular flexibility index (Phi) is 6.24. The smallest absolute Gasteiger partial charge is 0.128 e. The molecule has 0 amide bonds. The van der Waals surface area contributed by atoms with E-state index < -0.39 is 0 Å². The van der Waals surface area contributed by atoms with E-state index in [1.807, 2.05) is 37.9 Å². The Balaban J connectivity index is 1.38. The minimum absolute atomic E-state index is 0.116. The maximum Gasteiger partial charge on any atom is 0.128 e. The lowest BCUT2D eigenvalue weighted by Gasteiger charge is -2.38. The molecular weight excluding hydrogens is 452 g/mol. The SMILES string of the molecule is Cn1cc(-c2cc(-c3ccc(N4CCN(C[C@@H](O)C(C)(C)C)CC4)nc3)c3c(C#N)cnn3c2)cn1. The molecule has 1 N–H and O–H groups in total. The summed E-state index contributed by atoms with van der Waals surface area (Å²) in [5.74, 6) is 0.934. The van der Waals surface area contributed by atoms with E-state index in [0.717, 1.165) is 59.8 Å². The zero-order valence-corrected chi connectivity index (χ0v) is 21.3. The van der Waals surface area contributed by atoms with Crippen molar-refractivity contribution >= 4 is 11.3 Å². The van der Waals surface area contributed by atoms with E-state index in [9.17, 15) is 10.4 Å². The number of β-amino-alcohol motifs (C(OH)–C–C–N with tert-alkyl or cyclic N) is 1. The molecule has 36 heavy (non-hydrogen) atoms. The van der Waals surface area contributed by atoms with Gasteiger partial charge in [0.05, 0.1) is 29.6 Å². The van der Waals surface area contributed by atoms with Crippen LogP contribution >= 0.6 is 0 Å². The number of hydrogen-bond donors (Lipinski definition) is 1. The molecule has 5 heterocycles. The highest BCUT2D eigenvalue weighted by atomic mass is 16.3. The highest BCUT2D eigenvalue weighted by Gasteiger charge is 2.26. The number of piperazine rings is 1. The van der Waals surface area contributed by atoms with E-state index in [4.69, 9.17) is 4.98 Å². The van der Waals surface area contributed by atoms with Gasteiger partial charge < -0.3 is 10.0 Å². The largest absolute Gasteiger partial charge is 0.391 e. The van der Waals surface area contributed by atoms with Crippen molar-refractivity contribution in [1.82, 2.24) is 29.3 Å². The van der Waals surface area contributed by atoms with Gasteiger partial charge in [0.2, 0.25) is 0 Å².